The van der Waals surface area contributed by atoms with Gasteiger partial charge in [0, 0.05) is 32.1 Å². The molecule has 0 aromatic carbocycles. The molecule has 9 nitrogen and oxygen atoms in total. The van der Waals surface area contributed by atoms with Crippen molar-refractivity contribution in [3.05, 3.63) is 47.9 Å². The number of fused-ring (bicyclic) bond motifs is 1. The Labute approximate surface area is 149 Å². The maximum atomic E-state index is 5.85. The van der Waals surface area contributed by atoms with Crippen molar-refractivity contribution in [3.8, 4) is 0 Å². The number of aliphatic imine (C=N–C) groups is 1. The van der Waals surface area contributed by atoms with Gasteiger partial charge in [-0.1, -0.05) is 11.2 Å². The molecule has 26 heavy (non-hydrogen) atoms. The zero-order valence-corrected chi connectivity index (χ0v) is 14.3. The number of rotatable bonds is 5. The van der Waals surface area contributed by atoms with Crippen molar-refractivity contribution in [2.24, 2.45) is 4.99 Å². The fourth-order valence-corrected chi connectivity index (χ4v) is 2.81. The van der Waals surface area contributed by atoms with E-state index in [4.69, 9.17) is 10.3 Å². The van der Waals surface area contributed by atoms with Crippen LogP contribution < -0.4 is 11.1 Å². The highest BCUT2D eigenvalue weighted by molar-refractivity contribution is 5.87. The Hall–Kier alpha value is -3.49. The molecule has 0 atom stereocenters. The van der Waals surface area contributed by atoms with Crippen LogP contribution in [-0.4, -0.2) is 30.9 Å². The summed E-state index contributed by atoms with van der Waals surface area (Å²) >= 11 is 0. The van der Waals surface area contributed by atoms with Crippen LogP contribution in [0.15, 0.2) is 45.7 Å². The topological polar surface area (TPSA) is 120 Å². The first kappa shape index (κ1) is 16.0. The summed E-state index contributed by atoms with van der Waals surface area (Å²) in [5.74, 6) is 1.92. The van der Waals surface area contributed by atoms with Crippen LogP contribution in [0.1, 0.15) is 18.1 Å². The zero-order chi connectivity index (χ0) is 17.9. The van der Waals surface area contributed by atoms with Gasteiger partial charge in [0.2, 0.25) is 11.8 Å². The van der Waals surface area contributed by atoms with Crippen LogP contribution in [0.25, 0.3) is 11.0 Å². The maximum Gasteiger partial charge on any atom is 0.223 e. The Morgan fingerprint density at radius 1 is 1.31 bits per heavy atom. The molecule has 0 aliphatic carbocycles. The second-order valence-corrected chi connectivity index (χ2v) is 5.91. The lowest BCUT2D eigenvalue weighted by Gasteiger charge is -2.11. The van der Waals surface area contributed by atoms with Crippen LogP contribution in [-0.2, 0) is 13.1 Å². The standard InChI is InChI=1S/C17H18N8O/c1-11-21-14(24-26-11)9-20-16-15-13(22-17(18)23-16)5-7-25(15)10-12-4-2-3-6-19-8-12/h2-3,5-8H,4,9-10H2,1H3,(H3,18,20,22,23). The average molecular weight is 350 g/mol. The van der Waals surface area contributed by atoms with Crippen molar-refractivity contribution >= 4 is 29.0 Å². The smallest absolute Gasteiger partial charge is 0.223 e. The molecule has 0 bridgehead atoms. The summed E-state index contributed by atoms with van der Waals surface area (Å²) in [5, 5.41) is 7.12. The van der Waals surface area contributed by atoms with E-state index in [1.165, 1.54) is 5.57 Å². The number of nitrogen functional groups attached to an aromatic ring is 1. The number of anilines is 2. The van der Waals surface area contributed by atoms with E-state index in [9.17, 15) is 0 Å². The third-order valence-corrected chi connectivity index (χ3v) is 3.93. The van der Waals surface area contributed by atoms with Gasteiger partial charge in [0.05, 0.1) is 12.1 Å². The predicted octanol–water partition coefficient (Wildman–Crippen LogP) is 2.23. The molecule has 3 N–H and O–H groups in total. The minimum absolute atomic E-state index is 0.211. The summed E-state index contributed by atoms with van der Waals surface area (Å²) in [4.78, 5) is 17.1. The Morgan fingerprint density at radius 2 is 2.23 bits per heavy atom. The van der Waals surface area contributed by atoms with Crippen molar-refractivity contribution in [2.75, 3.05) is 11.1 Å². The normalized spacial score (nSPS) is 13.8. The van der Waals surface area contributed by atoms with E-state index in [1.54, 1.807) is 13.1 Å². The Kier molecular flexibility index (Phi) is 4.18. The molecule has 3 aromatic heterocycles. The minimum Gasteiger partial charge on any atom is -0.368 e. The van der Waals surface area contributed by atoms with E-state index in [2.05, 4.69) is 41.1 Å². The number of hydrogen-bond donors (Lipinski definition) is 2. The molecule has 0 spiro atoms. The molecule has 132 valence electrons. The predicted molar refractivity (Wildman–Crippen MR) is 98.6 cm³/mol. The van der Waals surface area contributed by atoms with Gasteiger partial charge in [-0.2, -0.15) is 9.97 Å². The van der Waals surface area contributed by atoms with Crippen LogP contribution in [0.2, 0.25) is 0 Å². The molecule has 0 fully saturated rings. The number of aryl methyl sites for hydroxylation is 1. The fourth-order valence-electron chi connectivity index (χ4n) is 2.81. The minimum atomic E-state index is 0.211. The lowest BCUT2D eigenvalue weighted by atomic mass is 10.2. The second kappa shape index (κ2) is 6.79. The Morgan fingerprint density at radius 3 is 3.08 bits per heavy atom. The summed E-state index contributed by atoms with van der Waals surface area (Å²) in [5.41, 5.74) is 8.68. The van der Waals surface area contributed by atoms with Gasteiger partial charge >= 0.3 is 0 Å². The monoisotopic (exact) mass is 350 g/mol. The summed E-state index contributed by atoms with van der Waals surface area (Å²) in [6.07, 6.45) is 10.5. The van der Waals surface area contributed by atoms with Gasteiger partial charge in [0.15, 0.2) is 11.6 Å². The van der Waals surface area contributed by atoms with Gasteiger partial charge < -0.3 is 20.1 Å². The van der Waals surface area contributed by atoms with Crippen molar-refractivity contribution < 1.29 is 4.52 Å². The molecule has 1 aliphatic heterocycles. The van der Waals surface area contributed by atoms with Gasteiger partial charge in [-0.05, 0) is 24.1 Å². The third kappa shape index (κ3) is 3.32. The lowest BCUT2D eigenvalue weighted by Crippen LogP contribution is -2.09. The lowest BCUT2D eigenvalue weighted by molar-refractivity contribution is 0.388. The van der Waals surface area contributed by atoms with Gasteiger partial charge in [0.1, 0.15) is 5.52 Å². The number of aromatic nitrogens is 5. The van der Waals surface area contributed by atoms with Gasteiger partial charge in [-0.15, -0.1) is 0 Å². The highest BCUT2D eigenvalue weighted by Crippen LogP contribution is 2.24. The molecule has 0 unspecified atom stereocenters. The number of allylic oxidation sites excluding steroid dienone is 3. The largest absolute Gasteiger partial charge is 0.368 e. The molecule has 0 saturated heterocycles. The van der Waals surface area contributed by atoms with E-state index in [0.717, 1.165) is 17.5 Å². The molecule has 0 saturated carbocycles. The summed E-state index contributed by atoms with van der Waals surface area (Å²) in [6.45, 7) is 2.82. The van der Waals surface area contributed by atoms with Crippen molar-refractivity contribution in [3.63, 3.8) is 0 Å². The van der Waals surface area contributed by atoms with Crippen LogP contribution >= 0.6 is 0 Å². The van der Waals surface area contributed by atoms with Crippen molar-refractivity contribution in [1.29, 1.82) is 0 Å². The first-order chi connectivity index (χ1) is 12.7. The molecule has 3 aromatic rings. The van der Waals surface area contributed by atoms with Crippen LogP contribution in [0.5, 0.6) is 0 Å². The summed E-state index contributed by atoms with van der Waals surface area (Å²) < 4.78 is 7.08. The summed E-state index contributed by atoms with van der Waals surface area (Å²) in [6, 6.07) is 1.92. The molecule has 0 amide bonds. The van der Waals surface area contributed by atoms with Gasteiger partial charge in [-0.3, -0.25) is 4.99 Å². The molecule has 1 aliphatic rings. The van der Waals surface area contributed by atoms with E-state index in [-0.39, 0.29) is 5.95 Å². The van der Waals surface area contributed by atoms with Gasteiger partial charge in [-0.25, -0.2) is 4.98 Å². The van der Waals surface area contributed by atoms with Crippen molar-refractivity contribution in [1.82, 2.24) is 24.7 Å². The first-order valence-electron chi connectivity index (χ1n) is 8.20. The molecular weight excluding hydrogens is 332 g/mol. The SMILES string of the molecule is Cc1nc(CNc2nc(N)nc3ccn(CC4=CN=CC=CC4)c23)no1. The molecular formula is C17H18N8O. The molecule has 0 radical (unpaired) electrons. The Balaban J connectivity index is 1.65. The van der Waals surface area contributed by atoms with E-state index >= 15 is 0 Å². The fraction of sp³-hybridized carbons (Fsp3) is 0.235. The molecule has 4 heterocycles. The van der Waals surface area contributed by atoms with Crippen molar-refractivity contribution in [2.45, 2.75) is 26.4 Å². The number of nitrogens with two attached hydrogens (primary N) is 1. The number of nitrogens with one attached hydrogen (secondary N) is 1. The van der Waals surface area contributed by atoms with Crippen LogP contribution in [0.4, 0.5) is 11.8 Å². The third-order valence-electron chi connectivity index (χ3n) is 3.93. The first-order valence-corrected chi connectivity index (χ1v) is 8.20. The highest BCUT2D eigenvalue weighted by Gasteiger charge is 2.13. The number of nitrogens with zero attached hydrogens (tertiary/aromatic N) is 6. The van der Waals surface area contributed by atoms with E-state index in [0.29, 0.717) is 30.6 Å². The van der Waals surface area contributed by atoms with Crippen LogP contribution in [0, 0.1) is 6.92 Å². The molecule has 4 rings (SSSR count). The van der Waals surface area contributed by atoms with E-state index < -0.39 is 0 Å². The average Bonchev–Trinajstić information content (AvgIpc) is 3.11. The number of hydrogen-bond acceptors (Lipinski definition) is 8. The molecule has 9 heteroatoms. The van der Waals surface area contributed by atoms with Gasteiger partial charge in [0.25, 0.3) is 0 Å². The van der Waals surface area contributed by atoms with E-state index in [1.807, 2.05) is 24.5 Å². The zero-order valence-electron chi connectivity index (χ0n) is 14.3. The second-order valence-electron chi connectivity index (χ2n) is 5.91. The highest BCUT2D eigenvalue weighted by atomic mass is 16.5. The quantitative estimate of drug-likeness (QED) is 0.724. The van der Waals surface area contributed by atoms with Crippen LogP contribution in [0.3, 0.4) is 0 Å². The summed E-state index contributed by atoms with van der Waals surface area (Å²) in [7, 11) is 0. The maximum absolute atomic E-state index is 5.85. The Bertz CT molecular complexity index is 1030.